The van der Waals surface area contributed by atoms with Crippen LogP contribution in [-0.2, 0) is 0 Å². The molecule has 0 aliphatic heterocycles. The molecule has 0 amide bonds. The lowest BCUT2D eigenvalue weighted by Crippen LogP contribution is -1.98. The van der Waals surface area contributed by atoms with Gasteiger partial charge in [-0.15, -0.1) is 0 Å². The van der Waals surface area contributed by atoms with Gasteiger partial charge in [0.1, 0.15) is 11.5 Å². The Morgan fingerprint density at radius 1 is 1.33 bits per heavy atom. The Hall–Kier alpha value is -1.34. The van der Waals surface area contributed by atoms with Crippen molar-refractivity contribution in [2.45, 2.75) is 6.42 Å². The fourth-order valence-electron chi connectivity index (χ4n) is 1.09. The van der Waals surface area contributed by atoms with Crippen LogP contribution in [0, 0.1) is 11.3 Å². The zero-order valence-electron chi connectivity index (χ0n) is 8.56. The van der Waals surface area contributed by atoms with Gasteiger partial charge in [0, 0.05) is 6.07 Å². The van der Waals surface area contributed by atoms with E-state index in [-0.39, 0.29) is 0 Å². The van der Waals surface area contributed by atoms with Gasteiger partial charge in [0.25, 0.3) is 0 Å². The largest absolute Gasteiger partial charge is 0.497 e. The normalized spacial score (nSPS) is 9.40. The smallest absolute Gasteiger partial charge is 0.124 e. The number of thiol groups is 1. The van der Waals surface area contributed by atoms with Crippen LogP contribution in [0.25, 0.3) is 0 Å². The van der Waals surface area contributed by atoms with Gasteiger partial charge in [-0.1, -0.05) is 0 Å². The molecule has 1 rings (SSSR count). The van der Waals surface area contributed by atoms with E-state index in [4.69, 9.17) is 14.7 Å². The minimum atomic E-state index is 0.537. The first-order valence-corrected chi connectivity index (χ1v) is 5.26. The maximum atomic E-state index is 8.78. The lowest BCUT2D eigenvalue weighted by molar-refractivity contribution is 0.316. The molecule has 3 nitrogen and oxygen atoms in total. The van der Waals surface area contributed by atoms with E-state index in [0.29, 0.717) is 23.7 Å². The molecule has 0 N–H and O–H groups in total. The molecule has 0 bridgehead atoms. The van der Waals surface area contributed by atoms with Crippen LogP contribution in [0.5, 0.6) is 11.5 Å². The predicted octanol–water partition coefficient (Wildman–Crippen LogP) is 2.27. The molecular weight excluding hydrogens is 210 g/mol. The average Bonchev–Trinajstić information content (AvgIpc) is 2.29. The van der Waals surface area contributed by atoms with Gasteiger partial charge in [0.2, 0.25) is 0 Å². The standard InChI is InChI=1S/C11H13NO2S/c1-13-10-5-9(8-12)6-11(7-10)14-3-2-4-15/h5-7,15H,2-4H2,1H3. The third-order valence-corrected chi connectivity index (χ3v) is 2.13. The molecule has 80 valence electrons. The fourth-order valence-corrected chi connectivity index (χ4v) is 1.22. The summed E-state index contributed by atoms with van der Waals surface area (Å²) in [4.78, 5) is 0. The van der Waals surface area contributed by atoms with E-state index in [1.807, 2.05) is 0 Å². The van der Waals surface area contributed by atoms with Crippen molar-refractivity contribution < 1.29 is 9.47 Å². The lowest BCUT2D eigenvalue weighted by atomic mass is 10.2. The molecule has 0 aromatic heterocycles. The molecule has 0 heterocycles. The van der Waals surface area contributed by atoms with Crippen LogP contribution in [0.1, 0.15) is 12.0 Å². The Morgan fingerprint density at radius 2 is 2.07 bits per heavy atom. The van der Waals surface area contributed by atoms with E-state index in [9.17, 15) is 0 Å². The first-order chi connectivity index (χ1) is 7.30. The molecule has 1 aromatic carbocycles. The number of methoxy groups -OCH3 is 1. The molecule has 0 fully saturated rings. The predicted molar refractivity (Wildman–Crippen MR) is 61.7 cm³/mol. The second-order valence-electron chi connectivity index (χ2n) is 2.93. The van der Waals surface area contributed by atoms with Crippen molar-refractivity contribution in [1.82, 2.24) is 0 Å². The highest BCUT2D eigenvalue weighted by Gasteiger charge is 2.01. The summed E-state index contributed by atoms with van der Waals surface area (Å²) in [5.41, 5.74) is 0.537. The summed E-state index contributed by atoms with van der Waals surface area (Å²) in [6, 6.07) is 7.19. The second kappa shape index (κ2) is 6.20. The minimum absolute atomic E-state index is 0.537. The Bertz CT molecular complexity index is 360. The van der Waals surface area contributed by atoms with Crippen molar-refractivity contribution >= 4 is 12.6 Å². The number of hydrogen-bond acceptors (Lipinski definition) is 4. The van der Waals surface area contributed by atoms with E-state index >= 15 is 0 Å². The Labute approximate surface area is 95.0 Å². The van der Waals surface area contributed by atoms with Crippen molar-refractivity contribution in [3.8, 4) is 17.6 Å². The van der Waals surface area contributed by atoms with E-state index in [0.717, 1.165) is 12.2 Å². The molecule has 0 saturated carbocycles. The topological polar surface area (TPSA) is 42.2 Å². The van der Waals surface area contributed by atoms with Gasteiger partial charge in [-0.2, -0.15) is 17.9 Å². The molecular formula is C11H13NO2S. The number of nitrogens with zero attached hydrogens (tertiary/aromatic N) is 1. The molecule has 0 radical (unpaired) electrons. The molecule has 15 heavy (non-hydrogen) atoms. The van der Waals surface area contributed by atoms with E-state index < -0.39 is 0 Å². The SMILES string of the molecule is COc1cc(C#N)cc(OCCCS)c1. The Kier molecular flexibility index (Phi) is 4.85. The molecule has 1 aromatic rings. The van der Waals surface area contributed by atoms with E-state index in [2.05, 4.69) is 18.7 Å². The number of nitriles is 1. The number of ether oxygens (including phenoxy) is 2. The van der Waals surface area contributed by atoms with Gasteiger partial charge in [-0.05, 0) is 24.3 Å². The van der Waals surface area contributed by atoms with Gasteiger partial charge in [-0.25, -0.2) is 0 Å². The average molecular weight is 223 g/mol. The van der Waals surface area contributed by atoms with Crippen molar-refractivity contribution in [2.24, 2.45) is 0 Å². The first-order valence-electron chi connectivity index (χ1n) is 4.63. The summed E-state index contributed by atoms with van der Waals surface area (Å²) in [7, 11) is 1.56. The van der Waals surface area contributed by atoms with Crippen LogP contribution >= 0.6 is 12.6 Å². The van der Waals surface area contributed by atoms with Crippen molar-refractivity contribution in [2.75, 3.05) is 19.5 Å². The maximum absolute atomic E-state index is 8.78. The van der Waals surface area contributed by atoms with E-state index in [1.54, 1.807) is 25.3 Å². The van der Waals surface area contributed by atoms with Crippen LogP contribution in [0.2, 0.25) is 0 Å². The quantitative estimate of drug-likeness (QED) is 0.615. The molecule has 0 unspecified atom stereocenters. The van der Waals surface area contributed by atoms with Gasteiger partial charge in [0.05, 0.1) is 25.3 Å². The highest BCUT2D eigenvalue weighted by atomic mass is 32.1. The second-order valence-corrected chi connectivity index (χ2v) is 3.38. The number of rotatable bonds is 5. The molecule has 4 heteroatoms. The van der Waals surface area contributed by atoms with Crippen LogP contribution in [-0.4, -0.2) is 19.5 Å². The monoisotopic (exact) mass is 223 g/mol. The van der Waals surface area contributed by atoms with Gasteiger partial charge in [0.15, 0.2) is 0 Å². The van der Waals surface area contributed by atoms with Crippen LogP contribution < -0.4 is 9.47 Å². The molecule has 0 atom stereocenters. The Balaban J connectivity index is 2.74. The van der Waals surface area contributed by atoms with Gasteiger partial charge in [-0.3, -0.25) is 0 Å². The Morgan fingerprint density at radius 3 is 2.67 bits per heavy atom. The zero-order valence-corrected chi connectivity index (χ0v) is 9.46. The summed E-state index contributed by atoms with van der Waals surface area (Å²) >= 11 is 4.09. The summed E-state index contributed by atoms with van der Waals surface area (Å²) in [5, 5.41) is 8.78. The highest BCUT2D eigenvalue weighted by molar-refractivity contribution is 7.80. The van der Waals surface area contributed by atoms with Gasteiger partial charge >= 0.3 is 0 Å². The molecule has 0 spiro atoms. The van der Waals surface area contributed by atoms with Gasteiger partial charge < -0.3 is 9.47 Å². The summed E-state index contributed by atoms with van der Waals surface area (Å²) in [6.07, 6.45) is 0.877. The third kappa shape index (κ3) is 3.72. The minimum Gasteiger partial charge on any atom is -0.497 e. The van der Waals surface area contributed by atoms with Crippen molar-refractivity contribution in [1.29, 1.82) is 5.26 Å². The fraction of sp³-hybridized carbons (Fsp3) is 0.364. The highest BCUT2D eigenvalue weighted by Crippen LogP contribution is 2.22. The first kappa shape index (κ1) is 11.7. The molecule has 0 aliphatic rings. The zero-order chi connectivity index (χ0) is 11.1. The lowest BCUT2D eigenvalue weighted by Gasteiger charge is -2.07. The summed E-state index contributed by atoms with van der Waals surface area (Å²) in [5.74, 6) is 2.08. The third-order valence-electron chi connectivity index (χ3n) is 1.82. The maximum Gasteiger partial charge on any atom is 0.124 e. The van der Waals surface area contributed by atoms with Crippen LogP contribution in [0.3, 0.4) is 0 Å². The number of hydrogen-bond donors (Lipinski definition) is 1. The summed E-state index contributed by atoms with van der Waals surface area (Å²) in [6.45, 7) is 0.599. The number of benzene rings is 1. The van der Waals surface area contributed by atoms with Crippen LogP contribution in [0.4, 0.5) is 0 Å². The van der Waals surface area contributed by atoms with Crippen molar-refractivity contribution in [3.05, 3.63) is 23.8 Å². The molecule has 0 aliphatic carbocycles. The van der Waals surface area contributed by atoms with Crippen LogP contribution in [0.15, 0.2) is 18.2 Å². The van der Waals surface area contributed by atoms with Crippen molar-refractivity contribution in [3.63, 3.8) is 0 Å². The van der Waals surface area contributed by atoms with E-state index in [1.165, 1.54) is 0 Å². The molecule has 0 saturated heterocycles. The summed E-state index contributed by atoms with van der Waals surface area (Å²) < 4.78 is 10.5.